The van der Waals surface area contributed by atoms with E-state index < -0.39 is 0 Å². The van der Waals surface area contributed by atoms with Crippen molar-refractivity contribution in [2.24, 2.45) is 5.92 Å². The van der Waals surface area contributed by atoms with Gasteiger partial charge in [-0.1, -0.05) is 6.92 Å². The molecular formula is C11H20N2O. The maximum Gasteiger partial charge on any atom is 0.317 e. The minimum absolute atomic E-state index is 0.168. The molecule has 14 heavy (non-hydrogen) atoms. The summed E-state index contributed by atoms with van der Waals surface area (Å²) in [6.07, 6.45) is 6.04. The molecule has 0 aliphatic heterocycles. The van der Waals surface area contributed by atoms with E-state index in [-0.39, 0.29) is 6.03 Å². The molecule has 0 aromatic rings. The van der Waals surface area contributed by atoms with Gasteiger partial charge in [-0.05, 0) is 38.0 Å². The van der Waals surface area contributed by atoms with Crippen LogP contribution in [0.15, 0.2) is 0 Å². The van der Waals surface area contributed by atoms with Crippen molar-refractivity contribution in [1.82, 2.24) is 10.2 Å². The van der Waals surface area contributed by atoms with Gasteiger partial charge in [0.15, 0.2) is 0 Å². The maximum atomic E-state index is 11.8. The van der Waals surface area contributed by atoms with E-state index in [2.05, 4.69) is 12.2 Å². The summed E-state index contributed by atoms with van der Waals surface area (Å²) in [5.41, 5.74) is 0. The van der Waals surface area contributed by atoms with Gasteiger partial charge in [0.1, 0.15) is 0 Å². The minimum atomic E-state index is 0.168. The lowest BCUT2D eigenvalue weighted by molar-refractivity contribution is 0.195. The van der Waals surface area contributed by atoms with Crippen LogP contribution in [-0.4, -0.2) is 30.1 Å². The monoisotopic (exact) mass is 196 g/mol. The molecule has 0 heterocycles. The lowest BCUT2D eigenvalue weighted by Crippen LogP contribution is -2.42. The standard InChI is InChI=1S/C11H20N2O/c1-2-7-13(8-9-3-4-9)11(14)12-10-5-6-10/h9-10H,2-8H2,1H3,(H,12,14). The van der Waals surface area contributed by atoms with Crippen LogP contribution in [0.1, 0.15) is 39.0 Å². The SMILES string of the molecule is CCCN(CC1CC1)C(=O)NC1CC1. The molecule has 2 saturated carbocycles. The van der Waals surface area contributed by atoms with E-state index in [1.165, 1.54) is 25.7 Å². The van der Waals surface area contributed by atoms with Crippen LogP contribution < -0.4 is 5.32 Å². The Kier molecular flexibility index (Phi) is 2.94. The van der Waals surface area contributed by atoms with Gasteiger partial charge in [-0.2, -0.15) is 0 Å². The molecule has 2 aliphatic carbocycles. The molecule has 0 aromatic heterocycles. The summed E-state index contributed by atoms with van der Waals surface area (Å²) in [4.78, 5) is 13.8. The molecule has 0 bridgehead atoms. The molecule has 2 rings (SSSR count). The third-order valence-corrected chi connectivity index (χ3v) is 2.86. The van der Waals surface area contributed by atoms with E-state index in [0.717, 1.165) is 25.4 Å². The quantitative estimate of drug-likeness (QED) is 0.716. The lowest BCUT2D eigenvalue weighted by Gasteiger charge is -2.22. The summed E-state index contributed by atoms with van der Waals surface area (Å²) in [5.74, 6) is 0.798. The van der Waals surface area contributed by atoms with E-state index >= 15 is 0 Å². The molecule has 0 atom stereocenters. The molecule has 3 nitrogen and oxygen atoms in total. The second kappa shape index (κ2) is 4.20. The smallest absolute Gasteiger partial charge is 0.317 e. The summed E-state index contributed by atoms with van der Waals surface area (Å²) in [5, 5.41) is 3.06. The Morgan fingerprint density at radius 2 is 2.07 bits per heavy atom. The van der Waals surface area contributed by atoms with E-state index in [4.69, 9.17) is 0 Å². The molecule has 3 heteroatoms. The molecule has 0 unspecified atom stereocenters. The number of hydrogen-bond acceptors (Lipinski definition) is 1. The lowest BCUT2D eigenvalue weighted by atomic mass is 10.3. The van der Waals surface area contributed by atoms with Gasteiger partial charge in [-0.25, -0.2) is 4.79 Å². The first-order valence-corrected chi connectivity index (χ1v) is 5.85. The minimum Gasteiger partial charge on any atom is -0.335 e. The van der Waals surface area contributed by atoms with Crippen molar-refractivity contribution in [2.75, 3.05) is 13.1 Å². The molecule has 0 radical (unpaired) electrons. The van der Waals surface area contributed by atoms with Crippen LogP contribution in [0.4, 0.5) is 4.79 Å². The molecule has 0 spiro atoms. The van der Waals surface area contributed by atoms with Gasteiger partial charge in [0.25, 0.3) is 0 Å². The highest BCUT2D eigenvalue weighted by Gasteiger charge is 2.29. The van der Waals surface area contributed by atoms with Crippen molar-refractivity contribution < 1.29 is 4.79 Å². The Morgan fingerprint density at radius 1 is 1.36 bits per heavy atom. The van der Waals surface area contributed by atoms with Crippen molar-refractivity contribution in [2.45, 2.75) is 45.1 Å². The fourth-order valence-corrected chi connectivity index (χ4v) is 1.65. The van der Waals surface area contributed by atoms with Gasteiger partial charge >= 0.3 is 6.03 Å². The normalized spacial score (nSPS) is 20.6. The van der Waals surface area contributed by atoms with E-state index in [1.807, 2.05) is 4.90 Å². The van der Waals surface area contributed by atoms with Crippen molar-refractivity contribution in [1.29, 1.82) is 0 Å². The number of nitrogens with zero attached hydrogens (tertiary/aromatic N) is 1. The highest BCUT2D eigenvalue weighted by molar-refractivity contribution is 5.74. The molecule has 0 saturated heterocycles. The van der Waals surface area contributed by atoms with Gasteiger partial charge < -0.3 is 10.2 Å². The second-order valence-corrected chi connectivity index (χ2v) is 4.61. The Balaban J connectivity index is 1.76. The average Bonchev–Trinajstić information content (AvgIpc) is 2.97. The Morgan fingerprint density at radius 3 is 2.57 bits per heavy atom. The van der Waals surface area contributed by atoms with Crippen molar-refractivity contribution >= 4 is 6.03 Å². The predicted octanol–water partition coefficient (Wildman–Crippen LogP) is 1.98. The highest BCUT2D eigenvalue weighted by atomic mass is 16.2. The molecule has 1 N–H and O–H groups in total. The summed E-state index contributed by atoms with van der Waals surface area (Å²) >= 11 is 0. The van der Waals surface area contributed by atoms with Crippen LogP contribution in [0.2, 0.25) is 0 Å². The van der Waals surface area contributed by atoms with Gasteiger partial charge in [0, 0.05) is 19.1 Å². The number of carbonyl (C=O) groups is 1. The van der Waals surface area contributed by atoms with E-state index in [0.29, 0.717) is 6.04 Å². The van der Waals surface area contributed by atoms with Gasteiger partial charge in [-0.15, -0.1) is 0 Å². The molecule has 2 amide bonds. The predicted molar refractivity (Wildman–Crippen MR) is 56.1 cm³/mol. The Hall–Kier alpha value is -0.730. The molecule has 2 fully saturated rings. The number of rotatable bonds is 5. The van der Waals surface area contributed by atoms with Crippen molar-refractivity contribution in [3.63, 3.8) is 0 Å². The van der Waals surface area contributed by atoms with Crippen LogP contribution >= 0.6 is 0 Å². The first kappa shape index (κ1) is 9.81. The number of amides is 2. The zero-order valence-corrected chi connectivity index (χ0v) is 8.96. The van der Waals surface area contributed by atoms with Crippen LogP contribution in [0.25, 0.3) is 0 Å². The number of hydrogen-bond donors (Lipinski definition) is 1. The zero-order chi connectivity index (χ0) is 9.97. The third-order valence-electron chi connectivity index (χ3n) is 2.86. The zero-order valence-electron chi connectivity index (χ0n) is 8.96. The number of nitrogens with one attached hydrogen (secondary N) is 1. The van der Waals surface area contributed by atoms with Crippen molar-refractivity contribution in [3.05, 3.63) is 0 Å². The van der Waals surface area contributed by atoms with Gasteiger partial charge in [0.05, 0.1) is 0 Å². The summed E-state index contributed by atoms with van der Waals surface area (Å²) in [6, 6.07) is 0.655. The molecule has 80 valence electrons. The van der Waals surface area contributed by atoms with Crippen molar-refractivity contribution in [3.8, 4) is 0 Å². The summed E-state index contributed by atoms with van der Waals surface area (Å²) in [6.45, 7) is 4.02. The van der Waals surface area contributed by atoms with Crippen LogP contribution in [0, 0.1) is 5.92 Å². The third kappa shape index (κ3) is 2.89. The summed E-state index contributed by atoms with van der Waals surface area (Å²) in [7, 11) is 0. The Bertz CT molecular complexity index is 209. The Labute approximate surface area is 85.8 Å². The van der Waals surface area contributed by atoms with Crippen LogP contribution in [-0.2, 0) is 0 Å². The fraction of sp³-hybridized carbons (Fsp3) is 0.909. The largest absolute Gasteiger partial charge is 0.335 e. The molecular weight excluding hydrogens is 176 g/mol. The van der Waals surface area contributed by atoms with Gasteiger partial charge in [-0.3, -0.25) is 0 Å². The topological polar surface area (TPSA) is 32.3 Å². The van der Waals surface area contributed by atoms with Gasteiger partial charge in [0.2, 0.25) is 0 Å². The average molecular weight is 196 g/mol. The number of urea groups is 1. The number of carbonyl (C=O) groups excluding carboxylic acids is 1. The van der Waals surface area contributed by atoms with Crippen LogP contribution in [0.5, 0.6) is 0 Å². The molecule has 2 aliphatic rings. The summed E-state index contributed by atoms with van der Waals surface area (Å²) < 4.78 is 0. The van der Waals surface area contributed by atoms with E-state index in [1.54, 1.807) is 0 Å². The molecule has 0 aromatic carbocycles. The fourth-order valence-electron chi connectivity index (χ4n) is 1.65. The maximum absolute atomic E-state index is 11.8. The first-order chi connectivity index (χ1) is 6.79. The van der Waals surface area contributed by atoms with Crippen LogP contribution in [0.3, 0.4) is 0 Å². The second-order valence-electron chi connectivity index (χ2n) is 4.61. The van der Waals surface area contributed by atoms with E-state index in [9.17, 15) is 4.79 Å². The first-order valence-electron chi connectivity index (χ1n) is 5.85. The highest BCUT2D eigenvalue weighted by Crippen LogP contribution is 2.30.